The molecule has 3 aromatic rings. The van der Waals surface area contributed by atoms with Gasteiger partial charge >= 0.3 is 6.18 Å². The number of hydrogen-bond donors (Lipinski definition) is 0. The minimum atomic E-state index is -4.63. The molecule has 1 aliphatic heterocycles. The van der Waals surface area contributed by atoms with Gasteiger partial charge in [0.15, 0.2) is 5.82 Å². The van der Waals surface area contributed by atoms with Gasteiger partial charge in [-0.05, 0) is 18.2 Å². The first-order valence-electron chi connectivity index (χ1n) is 7.37. The van der Waals surface area contributed by atoms with Crippen LogP contribution in [0, 0.1) is 0 Å². The van der Waals surface area contributed by atoms with E-state index in [0.29, 0.717) is 22.0 Å². The van der Waals surface area contributed by atoms with Crippen LogP contribution in [-0.4, -0.2) is 20.5 Å². The smallest absolute Gasteiger partial charge is 0.276 e. The van der Waals surface area contributed by atoms with E-state index in [2.05, 4.69) is 15.2 Å². The SMILES string of the molecule is FC(F)(F)c1nnc2n1-c1ccc(Cl)cc1C(c1ccccc1)=NC2. The number of rotatable bonds is 1. The summed E-state index contributed by atoms with van der Waals surface area (Å²) in [4.78, 5) is 4.48. The predicted octanol–water partition coefficient (Wildman–Crippen LogP) is 4.29. The summed E-state index contributed by atoms with van der Waals surface area (Å²) in [5.41, 5.74) is 2.16. The third kappa shape index (κ3) is 2.70. The van der Waals surface area contributed by atoms with Gasteiger partial charge in [-0.2, -0.15) is 13.2 Å². The molecule has 0 unspecified atom stereocenters. The molecule has 0 saturated heterocycles. The lowest BCUT2D eigenvalue weighted by Crippen LogP contribution is -2.16. The minimum absolute atomic E-state index is 0.0143. The molecule has 25 heavy (non-hydrogen) atoms. The normalized spacial score (nSPS) is 13.7. The second-order valence-corrected chi connectivity index (χ2v) is 5.90. The maximum Gasteiger partial charge on any atom is 0.452 e. The molecule has 1 aromatic heterocycles. The number of hydrogen-bond acceptors (Lipinski definition) is 3. The van der Waals surface area contributed by atoms with Crippen molar-refractivity contribution in [2.75, 3.05) is 0 Å². The number of aliphatic imine (C=N–C) groups is 1. The van der Waals surface area contributed by atoms with Crippen LogP contribution >= 0.6 is 11.6 Å². The average molecular weight is 363 g/mol. The largest absolute Gasteiger partial charge is 0.452 e. The lowest BCUT2D eigenvalue weighted by atomic mass is 10.0. The zero-order valence-electron chi connectivity index (χ0n) is 12.6. The molecule has 2 aromatic carbocycles. The van der Waals surface area contributed by atoms with Crippen molar-refractivity contribution in [1.82, 2.24) is 14.8 Å². The van der Waals surface area contributed by atoms with E-state index in [1.165, 1.54) is 12.1 Å². The highest BCUT2D eigenvalue weighted by atomic mass is 35.5. The summed E-state index contributed by atoms with van der Waals surface area (Å²) in [5, 5.41) is 7.41. The van der Waals surface area contributed by atoms with Crippen LogP contribution in [0.25, 0.3) is 5.69 Å². The van der Waals surface area contributed by atoms with Gasteiger partial charge in [0.1, 0.15) is 6.54 Å². The van der Waals surface area contributed by atoms with Crippen LogP contribution in [0.15, 0.2) is 53.5 Å². The Labute approximate surface area is 145 Å². The number of aromatic nitrogens is 3. The van der Waals surface area contributed by atoms with Gasteiger partial charge < -0.3 is 0 Å². The summed E-state index contributed by atoms with van der Waals surface area (Å²) < 4.78 is 41.1. The van der Waals surface area contributed by atoms with Gasteiger partial charge in [0.25, 0.3) is 0 Å². The van der Waals surface area contributed by atoms with Gasteiger partial charge in [-0.25, -0.2) is 0 Å². The topological polar surface area (TPSA) is 43.1 Å². The van der Waals surface area contributed by atoms with Gasteiger partial charge in [-0.3, -0.25) is 9.56 Å². The van der Waals surface area contributed by atoms with E-state index >= 15 is 0 Å². The monoisotopic (exact) mass is 362 g/mol. The second kappa shape index (κ2) is 5.70. The van der Waals surface area contributed by atoms with Crippen molar-refractivity contribution in [3.63, 3.8) is 0 Å². The first kappa shape index (κ1) is 15.8. The second-order valence-electron chi connectivity index (χ2n) is 5.47. The van der Waals surface area contributed by atoms with E-state index in [1.807, 2.05) is 30.3 Å². The molecule has 4 nitrogen and oxygen atoms in total. The van der Waals surface area contributed by atoms with Gasteiger partial charge in [-0.1, -0.05) is 41.9 Å². The van der Waals surface area contributed by atoms with Crippen molar-refractivity contribution < 1.29 is 13.2 Å². The van der Waals surface area contributed by atoms with Crippen molar-refractivity contribution in [3.8, 4) is 5.69 Å². The summed E-state index contributed by atoms with van der Waals surface area (Å²) in [5.74, 6) is -0.947. The Hall–Kier alpha value is -2.67. The van der Waals surface area contributed by atoms with E-state index in [0.717, 1.165) is 10.1 Å². The van der Waals surface area contributed by atoms with Crippen LogP contribution in [0.4, 0.5) is 13.2 Å². The molecule has 0 atom stereocenters. The molecule has 0 bridgehead atoms. The standard InChI is InChI=1S/C17H10ClF3N4/c18-11-6-7-13-12(8-11)15(10-4-2-1-3-5-10)22-9-14-23-24-16(25(13)14)17(19,20)21/h1-8H,9H2. The maximum absolute atomic E-state index is 13.3. The molecular weight excluding hydrogens is 353 g/mol. The molecular formula is C17H10ClF3N4. The molecule has 0 saturated carbocycles. The Balaban J connectivity index is 2.00. The van der Waals surface area contributed by atoms with E-state index in [1.54, 1.807) is 6.07 Å². The summed E-state index contributed by atoms with van der Waals surface area (Å²) >= 11 is 6.10. The summed E-state index contributed by atoms with van der Waals surface area (Å²) in [7, 11) is 0. The van der Waals surface area contributed by atoms with Crippen LogP contribution in [0.5, 0.6) is 0 Å². The highest BCUT2D eigenvalue weighted by Crippen LogP contribution is 2.34. The van der Waals surface area contributed by atoms with Crippen LogP contribution in [-0.2, 0) is 12.7 Å². The van der Waals surface area contributed by atoms with Crippen molar-refractivity contribution in [2.45, 2.75) is 12.7 Å². The molecule has 0 radical (unpaired) electrons. The van der Waals surface area contributed by atoms with Crippen LogP contribution in [0.3, 0.4) is 0 Å². The van der Waals surface area contributed by atoms with Crippen molar-refractivity contribution >= 4 is 17.3 Å². The first-order chi connectivity index (χ1) is 11.9. The molecule has 8 heteroatoms. The molecule has 0 spiro atoms. The molecule has 2 heterocycles. The lowest BCUT2D eigenvalue weighted by molar-refractivity contribution is -0.146. The summed E-state index contributed by atoms with van der Waals surface area (Å²) in [6.45, 7) is -0.0143. The highest BCUT2D eigenvalue weighted by molar-refractivity contribution is 6.31. The van der Waals surface area contributed by atoms with Crippen LogP contribution < -0.4 is 0 Å². The third-order valence-electron chi connectivity index (χ3n) is 3.86. The zero-order chi connectivity index (χ0) is 17.6. The van der Waals surface area contributed by atoms with Crippen molar-refractivity contribution in [1.29, 1.82) is 0 Å². The molecule has 0 fully saturated rings. The average Bonchev–Trinajstić information content (AvgIpc) is 2.94. The Morgan fingerprint density at radius 2 is 1.76 bits per heavy atom. The Morgan fingerprint density at radius 1 is 1.00 bits per heavy atom. The van der Waals surface area contributed by atoms with Crippen LogP contribution in [0.2, 0.25) is 5.02 Å². The van der Waals surface area contributed by atoms with Gasteiger partial charge in [0.05, 0.1) is 11.4 Å². The lowest BCUT2D eigenvalue weighted by Gasteiger charge is -2.14. The Morgan fingerprint density at radius 3 is 2.48 bits per heavy atom. The highest BCUT2D eigenvalue weighted by Gasteiger charge is 2.40. The fourth-order valence-electron chi connectivity index (χ4n) is 2.83. The molecule has 126 valence electrons. The Bertz CT molecular complexity index is 977. The third-order valence-corrected chi connectivity index (χ3v) is 4.10. The number of benzene rings is 2. The number of alkyl halides is 3. The van der Waals surface area contributed by atoms with Crippen LogP contribution in [0.1, 0.15) is 22.8 Å². The molecule has 0 amide bonds. The van der Waals surface area contributed by atoms with E-state index < -0.39 is 12.0 Å². The minimum Gasteiger partial charge on any atom is -0.276 e. The quantitative estimate of drug-likeness (QED) is 0.648. The summed E-state index contributed by atoms with van der Waals surface area (Å²) in [6.07, 6.45) is -4.63. The predicted molar refractivity (Wildman–Crippen MR) is 87.2 cm³/mol. The summed E-state index contributed by atoms with van der Waals surface area (Å²) in [6, 6.07) is 13.9. The zero-order valence-corrected chi connectivity index (χ0v) is 13.4. The van der Waals surface area contributed by atoms with E-state index in [9.17, 15) is 13.2 Å². The van der Waals surface area contributed by atoms with Gasteiger partial charge in [0.2, 0.25) is 5.82 Å². The van der Waals surface area contributed by atoms with E-state index in [4.69, 9.17) is 11.6 Å². The van der Waals surface area contributed by atoms with Crippen molar-refractivity contribution in [2.24, 2.45) is 4.99 Å². The molecule has 0 N–H and O–H groups in total. The molecule has 1 aliphatic rings. The first-order valence-corrected chi connectivity index (χ1v) is 7.74. The number of fused-ring (bicyclic) bond motifs is 3. The Kier molecular flexibility index (Phi) is 3.61. The fourth-order valence-corrected chi connectivity index (χ4v) is 3.00. The molecule has 0 aliphatic carbocycles. The fraction of sp³-hybridized carbons (Fsp3) is 0.118. The van der Waals surface area contributed by atoms with Crippen molar-refractivity contribution in [3.05, 3.63) is 76.3 Å². The number of nitrogens with zero attached hydrogens (tertiary/aromatic N) is 4. The van der Waals surface area contributed by atoms with Gasteiger partial charge in [0, 0.05) is 16.1 Å². The molecule has 4 rings (SSSR count). The van der Waals surface area contributed by atoms with E-state index in [-0.39, 0.29) is 12.4 Å². The maximum atomic E-state index is 13.3. The number of halogens is 4. The van der Waals surface area contributed by atoms with Gasteiger partial charge in [-0.15, -0.1) is 10.2 Å².